The van der Waals surface area contributed by atoms with Gasteiger partial charge in [0, 0.05) is 16.7 Å². The number of amides is 1. The second-order valence-electron chi connectivity index (χ2n) is 5.03. The van der Waals surface area contributed by atoms with Gasteiger partial charge >= 0.3 is 0 Å². The number of benzene rings is 1. The fourth-order valence-electron chi connectivity index (χ4n) is 2.17. The molecule has 1 saturated carbocycles. The Hall–Kier alpha value is -1.14. The van der Waals surface area contributed by atoms with Crippen LogP contribution in [0, 0.1) is 11.7 Å². The second-order valence-corrected chi connectivity index (χ2v) is 7.60. The van der Waals surface area contributed by atoms with Gasteiger partial charge in [-0.25, -0.2) is 12.8 Å². The molecule has 1 unspecified atom stereocenters. The van der Waals surface area contributed by atoms with Crippen LogP contribution in [0.4, 0.5) is 4.39 Å². The van der Waals surface area contributed by atoms with Crippen molar-refractivity contribution in [2.45, 2.75) is 37.1 Å². The normalized spacial score (nSPS) is 17.4. The van der Waals surface area contributed by atoms with Gasteiger partial charge in [0.2, 0.25) is 0 Å². The van der Waals surface area contributed by atoms with E-state index in [0.29, 0.717) is 5.92 Å². The van der Waals surface area contributed by atoms with Crippen LogP contribution in [0.5, 0.6) is 0 Å². The highest BCUT2D eigenvalue weighted by Gasteiger charge is 2.26. The first-order valence-electron chi connectivity index (χ1n) is 6.34. The van der Waals surface area contributed by atoms with Gasteiger partial charge in [-0.1, -0.05) is 6.42 Å². The first-order valence-corrected chi connectivity index (χ1v) is 8.65. The molecule has 2 rings (SSSR count). The quantitative estimate of drug-likeness (QED) is 0.868. The summed E-state index contributed by atoms with van der Waals surface area (Å²) in [6.45, 7) is 1.86. The molecule has 0 heterocycles. The number of carbonyl (C=O) groups excluding carboxylic acids is 1. The van der Waals surface area contributed by atoms with E-state index < -0.39 is 20.8 Å². The molecule has 0 spiro atoms. The van der Waals surface area contributed by atoms with Crippen molar-refractivity contribution in [3.8, 4) is 0 Å². The molecule has 20 heavy (non-hydrogen) atoms. The molecular weight excluding hydrogens is 305 g/mol. The summed E-state index contributed by atoms with van der Waals surface area (Å²) in [5.41, 5.74) is -0.308. The number of hydrogen-bond donors (Lipinski definition) is 1. The summed E-state index contributed by atoms with van der Waals surface area (Å²) in [6.07, 6.45) is 3.22. The van der Waals surface area contributed by atoms with E-state index in [9.17, 15) is 17.6 Å². The first kappa shape index (κ1) is 15.3. The molecule has 1 aliphatic rings. The van der Waals surface area contributed by atoms with Gasteiger partial charge in [0.25, 0.3) is 15.0 Å². The molecule has 0 aromatic heterocycles. The molecule has 0 bridgehead atoms. The van der Waals surface area contributed by atoms with Crippen LogP contribution in [0.1, 0.15) is 36.5 Å². The molecule has 1 N–H and O–H groups in total. The van der Waals surface area contributed by atoms with Crippen LogP contribution in [-0.2, 0) is 9.05 Å². The number of nitrogens with one attached hydrogen (secondary N) is 1. The zero-order valence-corrected chi connectivity index (χ0v) is 12.5. The summed E-state index contributed by atoms with van der Waals surface area (Å²) >= 11 is 0. The Labute approximate surface area is 121 Å². The molecule has 1 aliphatic carbocycles. The third-order valence-electron chi connectivity index (χ3n) is 3.68. The van der Waals surface area contributed by atoms with Gasteiger partial charge in [-0.15, -0.1) is 0 Å². The molecule has 1 atom stereocenters. The Kier molecular flexibility index (Phi) is 4.34. The molecule has 0 aliphatic heterocycles. The average Bonchev–Trinajstić information content (AvgIpc) is 2.24. The summed E-state index contributed by atoms with van der Waals surface area (Å²) in [7, 11) is 1.21. The molecule has 0 saturated heterocycles. The van der Waals surface area contributed by atoms with E-state index >= 15 is 0 Å². The summed E-state index contributed by atoms with van der Waals surface area (Å²) < 4.78 is 36.1. The van der Waals surface area contributed by atoms with Crippen LogP contribution in [-0.4, -0.2) is 20.4 Å². The Bertz CT molecular complexity index is 629. The SMILES string of the molecule is CC(NC(=O)c1cc(S(=O)(=O)Cl)ccc1F)C1CCC1. The highest BCUT2D eigenvalue weighted by Crippen LogP contribution is 2.29. The predicted octanol–water partition coefficient (Wildman–Crippen LogP) is 2.67. The Morgan fingerprint density at radius 3 is 2.60 bits per heavy atom. The average molecular weight is 320 g/mol. The number of rotatable bonds is 4. The van der Waals surface area contributed by atoms with E-state index in [1.54, 1.807) is 0 Å². The van der Waals surface area contributed by atoms with Crippen LogP contribution >= 0.6 is 10.7 Å². The van der Waals surface area contributed by atoms with Gasteiger partial charge in [-0.2, -0.15) is 0 Å². The molecule has 4 nitrogen and oxygen atoms in total. The van der Waals surface area contributed by atoms with Crippen molar-refractivity contribution < 1.29 is 17.6 Å². The lowest BCUT2D eigenvalue weighted by Gasteiger charge is -2.31. The van der Waals surface area contributed by atoms with Crippen molar-refractivity contribution in [2.75, 3.05) is 0 Å². The summed E-state index contributed by atoms with van der Waals surface area (Å²) in [6, 6.07) is 2.86. The zero-order valence-electron chi connectivity index (χ0n) is 10.9. The van der Waals surface area contributed by atoms with Gasteiger partial charge in [-0.3, -0.25) is 4.79 Å². The lowest BCUT2D eigenvalue weighted by atomic mass is 9.80. The lowest BCUT2D eigenvalue weighted by molar-refractivity contribution is 0.0905. The predicted molar refractivity (Wildman–Crippen MR) is 73.7 cm³/mol. The van der Waals surface area contributed by atoms with E-state index in [0.717, 1.165) is 37.5 Å². The van der Waals surface area contributed by atoms with Gasteiger partial charge in [-0.05, 0) is 43.9 Å². The number of carbonyl (C=O) groups is 1. The third-order valence-corrected chi connectivity index (χ3v) is 5.03. The van der Waals surface area contributed by atoms with Crippen molar-refractivity contribution in [1.82, 2.24) is 5.32 Å². The second kappa shape index (κ2) is 5.69. The minimum Gasteiger partial charge on any atom is -0.349 e. The van der Waals surface area contributed by atoms with E-state index in [-0.39, 0.29) is 16.5 Å². The molecular formula is C13H15ClFNO3S. The largest absolute Gasteiger partial charge is 0.349 e. The first-order chi connectivity index (χ1) is 9.29. The standard InChI is InChI=1S/C13H15ClFNO3S/c1-8(9-3-2-4-9)16-13(17)11-7-10(20(14,18)19)5-6-12(11)15/h5-9H,2-4H2,1H3,(H,16,17). The molecule has 1 amide bonds. The monoisotopic (exact) mass is 319 g/mol. The zero-order chi connectivity index (χ0) is 14.9. The molecule has 1 aromatic carbocycles. The highest BCUT2D eigenvalue weighted by molar-refractivity contribution is 8.13. The van der Waals surface area contributed by atoms with Crippen LogP contribution in [0.15, 0.2) is 23.1 Å². The highest BCUT2D eigenvalue weighted by atomic mass is 35.7. The maximum absolute atomic E-state index is 13.7. The molecule has 7 heteroatoms. The van der Waals surface area contributed by atoms with E-state index in [1.165, 1.54) is 0 Å². The fourth-order valence-corrected chi connectivity index (χ4v) is 2.95. The fraction of sp³-hybridized carbons (Fsp3) is 0.462. The molecule has 0 radical (unpaired) electrons. The number of hydrogen-bond acceptors (Lipinski definition) is 3. The number of halogens is 2. The minimum atomic E-state index is -3.99. The molecule has 1 aromatic rings. The van der Waals surface area contributed by atoms with Crippen LogP contribution in [0.3, 0.4) is 0 Å². The van der Waals surface area contributed by atoms with Crippen molar-refractivity contribution >= 4 is 25.6 Å². The van der Waals surface area contributed by atoms with Crippen molar-refractivity contribution in [1.29, 1.82) is 0 Å². The smallest absolute Gasteiger partial charge is 0.261 e. The van der Waals surface area contributed by atoms with Gasteiger partial charge in [0.1, 0.15) is 5.82 Å². The van der Waals surface area contributed by atoms with Crippen molar-refractivity contribution in [3.05, 3.63) is 29.6 Å². The van der Waals surface area contributed by atoms with Gasteiger partial charge in [0.15, 0.2) is 0 Å². The van der Waals surface area contributed by atoms with E-state index in [1.807, 2.05) is 6.92 Å². The Balaban J connectivity index is 2.20. The Morgan fingerprint density at radius 2 is 2.10 bits per heavy atom. The van der Waals surface area contributed by atoms with Gasteiger partial charge in [0.05, 0.1) is 10.5 Å². The molecule has 1 fully saturated rings. The Morgan fingerprint density at radius 1 is 1.45 bits per heavy atom. The lowest BCUT2D eigenvalue weighted by Crippen LogP contribution is -2.41. The summed E-state index contributed by atoms with van der Waals surface area (Å²) in [4.78, 5) is 11.7. The maximum atomic E-state index is 13.7. The van der Waals surface area contributed by atoms with E-state index in [4.69, 9.17) is 10.7 Å². The third kappa shape index (κ3) is 3.30. The van der Waals surface area contributed by atoms with Crippen molar-refractivity contribution in [3.63, 3.8) is 0 Å². The minimum absolute atomic E-state index is 0.0630. The molecule has 110 valence electrons. The van der Waals surface area contributed by atoms with Gasteiger partial charge < -0.3 is 5.32 Å². The van der Waals surface area contributed by atoms with Crippen molar-refractivity contribution in [2.24, 2.45) is 5.92 Å². The van der Waals surface area contributed by atoms with Crippen LogP contribution in [0.25, 0.3) is 0 Å². The maximum Gasteiger partial charge on any atom is 0.261 e. The van der Waals surface area contributed by atoms with Crippen LogP contribution in [0.2, 0.25) is 0 Å². The topological polar surface area (TPSA) is 63.2 Å². The van der Waals surface area contributed by atoms with Crippen LogP contribution < -0.4 is 5.32 Å². The van der Waals surface area contributed by atoms with E-state index in [2.05, 4.69) is 5.32 Å². The summed E-state index contributed by atoms with van der Waals surface area (Å²) in [5, 5.41) is 2.70. The summed E-state index contributed by atoms with van der Waals surface area (Å²) in [5.74, 6) is -0.988.